The topological polar surface area (TPSA) is 45.0 Å². The smallest absolute Gasteiger partial charge is 0.124 e. The third-order valence-corrected chi connectivity index (χ3v) is 2.84. The molecule has 1 saturated heterocycles. The summed E-state index contributed by atoms with van der Waals surface area (Å²) >= 11 is 0. The number of nitrogens with one attached hydrogen (secondary N) is 1. The molecule has 0 aliphatic carbocycles. The Bertz CT molecular complexity index is 422. The average molecular weight is 234 g/mol. The molecule has 1 fully saturated rings. The summed E-state index contributed by atoms with van der Waals surface area (Å²) in [7, 11) is 0. The van der Waals surface area contributed by atoms with Crippen LogP contribution in [0.25, 0.3) is 0 Å². The van der Waals surface area contributed by atoms with Crippen molar-refractivity contribution >= 4 is 0 Å². The maximum absolute atomic E-state index is 13.2. The maximum atomic E-state index is 13.2. The van der Waals surface area contributed by atoms with Crippen molar-refractivity contribution in [1.82, 2.24) is 5.32 Å². The number of hydrogen-bond acceptors (Lipinski definition) is 3. The van der Waals surface area contributed by atoms with Gasteiger partial charge in [-0.2, -0.15) is 5.26 Å². The molecular formula is C13H15FN2O. The van der Waals surface area contributed by atoms with Crippen LogP contribution in [0.1, 0.15) is 24.0 Å². The molecule has 1 aromatic carbocycles. The van der Waals surface area contributed by atoms with Gasteiger partial charge in [0.25, 0.3) is 0 Å². The SMILES string of the molecule is N#Cc1cc(F)cc(CNC2CCCOC2)c1. The van der Waals surface area contributed by atoms with Crippen molar-refractivity contribution < 1.29 is 9.13 Å². The second kappa shape index (κ2) is 5.76. The lowest BCUT2D eigenvalue weighted by molar-refractivity contribution is 0.0699. The molecular weight excluding hydrogens is 219 g/mol. The van der Waals surface area contributed by atoms with Crippen molar-refractivity contribution in [2.24, 2.45) is 0 Å². The van der Waals surface area contributed by atoms with Crippen LogP contribution >= 0.6 is 0 Å². The molecule has 90 valence electrons. The monoisotopic (exact) mass is 234 g/mol. The lowest BCUT2D eigenvalue weighted by Crippen LogP contribution is -2.36. The molecule has 2 rings (SSSR count). The second-order valence-electron chi connectivity index (χ2n) is 4.25. The van der Waals surface area contributed by atoms with E-state index in [0.29, 0.717) is 24.8 Å². The molecule has 17 heavy (non-hydrogen) atoms. The van der Waals surface area contributed by atoms with Gasteiger partial charge < -0.3 is 10.1 Å². The summed E-state index contributed by atoms with van der Waals surface area (Å²) in [6.07, 6.45) is 2.14. The Hall–Kier alpha value is -1.44. The Balaban J connectivity index is 1.94. The first kappa shape index (κ1) is 12.0. The van der Waals surface area contributed by atoms with Crippen LogP contribution in [-0.4, -0.2) is 19.3 Å². The molecule has 1 aliphatic rings. The summed E-state index contributed by atoms with van der Waals surface area (Å²) in [6, 6.07) is 6.69. The minimum Gasteiger partial charge on any atom is -0.380 e. The van der Waals surface area contributed by atoms with E-state index in [9.17, 15) is 4.39 Å². The number of nitriles is 1. The Morgan fingerprint density at radius 3 is 3.06 bits per heavy atom. The van der Waals surface area contributed by atoms with Gasteiger partial charge in [0, 0.05) is 19.2 Å². The predicted octanol–water partition coefficient (Wildman–Crippen LogP) is 1.97. The maximum Gasteiger partial charge on any atom is 0.124 e. The standard InChI is InChI=1S/C13H15FN2O/c14-12-5-10(7-15)4-11(6-12)8-16-13-2-1-3-17-9-13/h4-6,13,16H,1-3,8-9H2. The van der Waals surface area contributed by atoms with Crippen LogP contribution in [0.15, 0.2) is 18.2 Å². The fourth-order valence-corrected chi connectivity index (χ4v) is 1.98. The number of hydrogen-bond donors (Lipinski definition) is 1. The largest absolute Gasteiger partial charge is 0.380 e. The Kier molecular flexibility index (Phi) is 4.08. The van der Waals surface area contributed by atoms with Gasteiger partial charge in [-0.25, -0.2) is 4.39 Å². The van der Waals surface area contributed by atoms with Gasteiger partial charge in [-0.1, -0.05) is 0 Å². The zero-order valence-corrected chi connectivity index (χ0v) is 9.58. The zero-order chi connectivity index (χ0) is 12.1. The van der Waals surface area contributed by atoms with Crippen molar-refractivity contribution in [1.29, 1.82) is 5.26 Å². The van der Waals surface area contributed by atoms with Crippen molar-refractivity contribution in [3.05, 3.63) is 35.1 Å². The van der Waals surface area contributed by atoms with Gasteiger partial charge in [0.05, 0.1) is 18.2 Å². The minimum atomic E-state index is -0.360. The van der Waals surface area contributed by atoms with E-state index in [1.54, 1.807) is 6.07 Å². The van der Waals surface area contributed by atoms with Gasteiger partial charge in [-0.3, -0.25) is 0 Å². The summed E-state index contributed by atoms with van der Waals surface area (Å²) in [5.41, 5.74) is 1.16. The highest BCUT2D eigenvalue weighted by Crippen LogP contribution is 2.10. The van der Waals surface area contributed by atoms with Gasteiger partial charge in [-0.05, 0) is 36.6 Å². The van der Waals surface area contributed by atoms with Gasteiger partial charge in [0.2, 0.25) is 0 Å². The van der Waals surface area contributed by atoms with E-state index in [2.05, 4.69) is 5.32 Å². The highest BCUT2D eigenvalue weighted by Gasteiger charge is 2.13. The fraction of sp³-hybridized carbons (Fsp3) is 0.462. The number of benzene rings is 1. The third kappa shape index (κ3) is 3.52. The van der Waals surface area contributed by atoms with Gasteiger partial charge in [0.1, 0.15) is 5.82 Å². The summed E-state index contributed by atoms with van der Waals surface area (Å²) in [4.78, 5) is 0. The van der Waals surface area contributed by atoms with Gasteiger partial charge >= 0.3 is 0 Å². The number of nitrogens with zero attached hydrogens (tertiary/aromatic N) is 1. The molecule has 0 bridgehead atoms. The summed E-state index contributed by atoms with van der Waals surface area (Å²) in [5.74, 6) is -0.360. The molecule has 0 radical (unpaired) electrons. The highest BCUT2D eigenvalue weighted by molar-refractivity contribution is 5.33. The molecule has 1 heterocycles. The van der Waals surface area contributed by atoms with Crippen LogP contribution in [0.4, 0.5) is 4.39 Å². The van der Waals surface area contributed by atoms with Crippen molar-refractivity contribution in [2.45, 2.75) is 25.4 Å². The van der Waals surface area contributed by atoms with Gasteiger partial charge in [0.15, 0.2) is 0 Å². The Morgan fingerprint density at radius 2 is 2.35 bits per heavy atom. The molecule has 4 heteroatoms. The highest BCUT2D eigenvalue weighted by atomic mass is 19.1. The van der Waals surface area contributed by atoms with E-state index in [0.717, 1.165) is 25.0 Å². The number of rotatable bonds is 3. The summed E-state index contributed by atoms with van der Waals surface area (Å²) < 4.78 is 18.5. The van der Waals surface area contributed by atoms with E-state index in [4.69, 9.17) is 10.00 Å². The lowest BCUT2D eigenvalue weighted by Gasteiger charge is -2.23. The normalized spacial score (nSPS) is 19.9. The molecule has 0 amide bonds. The number of ether oxygens (including phenoxy) is 1. The van der Waals surface area contributed by atoms with Crippen LogP contribution in [0, 0.1) is 17.1 Å². The quantitative estimate of drug-likeness (QED) is 0.869. The van der Waals surface area contributed by atoms with E-state index < -0.39 is 0 Å². The van der Waals surface area contributed by atoms with Crippen LogP contribution in [0.3, 0.4) is 0 Å². The van der Waals surface area contributed by atoms with Crippen LogP contribution in [0.5, 0.6) is 0 Å². The molecule has 0 spiro atoms. The third-order valence-electron chi connectivity index (χ3n) is 2.84. The number of halogens is 1. The Labute approximate surface area is 100 Å². The summed E-state index contributed by atoms with van der Waals surface area (Å²) in [5, 5.41) is 12.1. The first-order valence-electron chi connectivity index (χ1n) is 5.78. The predicted molar refractivity (Wildman–Crippen MR) is 61.8 cm³/mol. The second-order valence-corrected chi connectivity index (χ2v) is 4.25. The lowest BCUT2D eigenvalue weighted by atomic mass is 10.1. The molecule has 1 aromatic rings. The molecule has 1 N–H and O–H groups in total. The zero-order valence-electron chi connectivity index (χ0n) is 9.58. The van der Waals surface area contributed by atoms with Crippen molar-refractivity contribution in [2.75, 3.05) is 13.2 Å². The molecule has 1 atom stereocenters. The van der Waals surface area contributed by atoms with Gasteiger partial charge in [-0.15, -0.1) is 0 Å². The fourth-order valence-electron chi connectivity index (χ4n) is 1.98. The molecule has 1 aliphatic heterocycles. The minimum absolute atomic E-state index is 0.331. The first-order valence-corrected chi connectivity index (χ1v) is 5.78. The van der Waals surface area contributed by atoms with E-state index in [1.165, 1.54) is 12.1 Å². The van der Waals surface area contributed by atoms with E-state index in [-0.39, 0.29) is 5.82 Å². The molecule has 1 unspecified atom stereocenters. The molecule has 0 saturated carbocycles. The van der Waals surface area contributed by atoms with Crippen LogP contribution < -0.4 is 5.32 Å². The average Bonchev–Trinajstić information content (AvgIpc) is 2.37. The Morgan fingerprint density at radius 1 is 1.47 bits per heavy atom. The van der Waals surface area contributed by atoms with Crippen molar-refractivity contribution in [3.8, 4) is 6.07 Å². The summed E-state index contributed by atoms with van der Waals surface area (Å²) in [6.45, 7) is 2.11. The molecule has 3 nitrogen and oxygen atoms in total. The molecule has 0 aromatic heterocycles. The van der Waals surface area contributed by atoms with E-state index >= 15 is 0 Å². The van der Waals surface area contributed by atoms with Crippen LogP contribution in [-0.2, 0) is 11.3 Å². The van der Waals surface area contributed by atoms with Crippen molar-refractivity contribution in [3.63, 3.8) is 0 Å². The van der Waals surface area contributed by atoms with Crippen LogP contribution in [0.2, 0.25) is 0 Å². The first-order chi connectivity index (χ1) is 8.28. The van der Waals surface area contributed by atoms with E-state index in [1.807, 2.05) is 6.07 Å².